The van der Waals surface area contributed by atoms with Crippen molar-refractivity contribution < 1.29 is 12.8 Å². The molecule has 3 heterocycles. The molecule has 0 unspecified atom stereocenters. The van der Waals surface area contributed by atoms with Crippen molar-refractivity contribution in [2.75, 3.05) is 36.4 Å². The fraction of sp³-hybridized carbons (Fsp3) is 0.353. The van der Waals surface area contributed by atoms with Crippen molar-refractivity contribution >= 4 is 32.8 Å². The van der Waals surface area contributed by atoms with Crippen molar-refractivity contribution in [1.82, 2.24) is 19.7 Å². The first kappa shape index (κ1) is 18.4. The number of hydrogen-bond acceptors (Lipinski definition) is 8. The first-order chi connectivity index (χ1) is 13.5. The zero-order valence-corrected chi connectivity index (χ0v) is 15.8. The highest BCUT2D eigenvalue weighted by molar-refractivity contribution is 7.89. The van der Waals surface area contributed by atoms with Gasteiger partial charge in [0, 0.05) is 32.2 Å². The summed E-state index contributed by atoms with van der Waals surface area (Å²) in [5, 5.41) is 3.10. The minimum Gasteiger partial charge on any atom is -0.408 e. The van der Waals surface area contributed by atoms with Gasteiger partial charge in [0.1, 0.15) is 18.0 Å². The van der Waals surface area contributed by atoms with E-state index in [1.165, 1.54) is 24.5 Å². The van der Waals surface area contributed by atoms with Gasteiger partial charge in [-0.15, -0.1) is 0 Å². The molecule has 1 fully saturated rings. The fourth-order valence-electron chi connectivity index (χ4n) is 3.12. The van der Waals surface area contributed by atoms with Gasteiger partial charge in [0.25, 0.3) is 0 Å². The topological polar surface area (TPSA) is 133 Å². The maximum absolute atomic E-state index is 12.4. The third-order valence-corrected chi connectivity index (χ3v) is 5.97. The van der Waals surface area contributed by atoms with Gasteiger partial charge in [-0.25, -0.2) is 27.9 Å². The SMILES string of the molecule is O=c1[nH]c2cc(S(=O)(=O)NCCNc3cc(N4CCCC4)ncn3)ccc2o1. The minimum absolute atomic E-state index is 0.0513. The van der Waals surface area contributed by atoms with Gasteiger partial charge < -0.3 is 14.6 Å². The van der Waals surface area contributed by atoms with Crippen LogP contribution in [0.5, 0.6) is 0 Å². The number of nitrogens with one attached hydrogen (secondary N) is 3. The molecule has 3 aromatic rings. The van der Waals surface area contributed by atoms with Crippen LogP contribution in [-0.2, 0) is 10.0 Å². The number of oxazole rings is 1. The summed E-state index contributed by atoms with van der Waals surface area (Å²) in [6.07, 6.45) is 3.82. The Labute approximate surface area is 161 Å². The van der Waals surface area contributed by atoms with Gasteiger partial charge in [-0.1, -0.05) is 0 Å². The maximum Gasteiger partial charge on any atom is 0.417 e. The van der Waals surface area contributed by atoms with Crippen molar-refractivity contribution in [2.24, 2.45) is 0 Å². The molecule has 11 heteroatoms. The maximum atomic E-state index is 12.4. The molecule has 0 amide bonds. The number of aromatic nitrogens is 3. The molecule has 0 saturated carbocycles. The molecule has 28 heavy (non-hydrogen) atoms. The summed E-state index contributed by atoms with van der Waals surface area (Å²) in [5.74, 6) is 0.895. The van der Waals surface area contributed by atoms with E-state index in [0.717, 1.165) is 31.7 Å². The molecule has 1 aliphatic rings. The number of aromatic amines is 1. The molecule has 1 aromatic carbocycles. The van der Waals surface area contributed by atoms with Crippen LogP contribution in [-0.4, -0.2) is 49.5 Å². The second-order valence-corrected chi connectivity index (χ2v) is 8.22. The molecule has 1 aliphatic heterocycles. The average molecular weight is 404 g/mol. The predicted octanol–water partition coefficient (Wildman–Crippen LogP) is 0.902. The minimum atomic E-state index is -3.71. The summed E-state index contributed by atoms with van der Waals surface area (Å²) in [5.41, 5.74) is 0.643. The van der Waals surface area contributed by atoms with E-state index in [0.29, 0.717) is 23.5 Å². The van der Waals surface area contributed by atoms with Crippen LogP contribution >= 0.6 is 0 Å². The summed E-state index contributed by atoms with van der Waals surface area (Å²) in [7, 11) is -3.71. The van der Waals surface area contributed by atoms with Crippen LogP contribution in [0.25, 0.3) is 11.1 Å². The van der Waals surface area contributed by atoms with Crippen LogP contribution in [0.4, 0.5) is 11.6 Å². The van der Waals surface area contributed by atoms with Crippen molar-refractivity contribution in [2.45, 2.75) is 17.7 Å². The summed E-state index contributed by atoms with van der Waals surface area (Å²) >= 11 is 0. The van der Waals surface area contributed by atoms with Gasteiger partial charge in [0.05, 0.1) is 10.4 Å². The van der Waals surface area contributed by atoms with E-state index in [1.807, 2.05) is 6.07 Å². The van der Waals surface area contributed by atoms with Crippen LogP contribution in [0.15, 0.2) is 44.7 Å². The standard InChI is InChI=1S/C17H20N6O4S/c24-17-22-13-9-12(3-4-14(13)27-17)28(25,26)21-6-5-18-15-10-16(20-11-19-15)23-7-1-2-8-23/h3-4,9-11,21H,1-2,5-8H2,(H,22,24)(H,18,19,20). The molecule has 0 bridgehead atoms. The van der Waals surface area contributed by atoms with Crippen LogP contribution in [0.2, 0.25) is 0 Å². The number of anilines is 2. The quantitative estimate of drug-likeness (QED) is 0.495. The Morgan fingerprint density at radius 1 is 1.14 bits per heavy atom. The number of benzene rings is 1. The Bertz CT molecular complexity index is 1130. The molecule has 0 aliphatic carbocycles. The monoisotopic (exact) mass is 404 g/mol. The van der Waals surface area contributed by atoms with Crippen LogP contribution in [0.3, 0.4) is 0 Å². The van der Waals surface area contributed by atoms with E-state index < -0.39 is 15.8 Å². The van der Waals surface area contributed by atoms with Crippen molar-refractivity contribution in [1.29, 1.82) is 0 Å². The van der Waals surface area contributed by atoms with Crippen molar-refractivity contribution in [3.63, 3.8) is 0 Å². The number of rotatable bonds is 7. The van der Waals surface area contributed by atoms with Gasteiger partial charge in [0.2, 0.25) is 10.0 Å². The molecule has 3 N–H and O–H groups in total. The number of hydrogen-bond donors (Lipinski definition) is 3. The fourth-order valence-corrected chi connectivity index (χ4v) is 4.18. The first-order valence-electron chi connectivity index (χ1n) is 8.95. The average Bonchev–Trinajstić information content (AvgIpc) is 3.33. The smallest absolute Gasteiger partial charge is 0.408 e. The Morgan fingerprint density at radius 3 is 2.79 bits per heavy atom. The lowest BCUT2D eigenvalue weighted by atomic mass is 10.3. The number of nitrogens with zero attached hydrogens (tertiary/aromatic N) is 3. The van der Waals surface area contributed by atoms with Gasteiger partial charge >= 0.3 is 5.76 Å². The molecule has 0 spiro atoms. The molecular formula is C17H20N6O4S. The van der Waals surface area contributed by atoms with Crippen molar-refractivity contribution in [3.05, 3.63) is 41.1 Å². The Balaban J connectivity index is 1.35. The lowest BCUT2D eigenvalue weighted by Crippen LogP contribution is -2.29. The number of fused-ring (bicyclic) bond motifs is 1. The lowest BCUT2D eigenvalue weighted by Gasteiger charge is -2.16. The van der Waals surface area contributed by atoms with Gasteiger partial charge in [-0.2, -0.15) is 0 Å². The molecule has 148 valence electrons. The zero-order chi connectivity index (χ0) is 19.6. The highest BCUT2D eigenvalue weighted by Crippen LogP contribution is 2.19. The highest BCUT2D eigenvalue weighted by atomic mass is 32.2. The Morgan fingerprint density at radius 2 is 1.96 bits per heavy atom. The normalized spacial score (nSPS) is 14.6. The number of sulfonamides is 1. The van der Waals surface area contributed by atoms with Gasteiger partial charge in [-0.3, -0.25) is 4.98 Å². The van der Waals surface area contributed by atoms with Crippen molar-refractivity contribution in [3.8, 4) is 0 Å². The molecule has 0 radical (unpaired) electrons. The molecule has 0 atom stereocenters. The summed E-state index contributed by atoms with van der Waals surface area (Å²) in [6, 6.07) is 6.06. The van der Waals surface area contributed by atoms with Gasteiger partial charge in [-0.05, 0) is 31.0 Å². The molecular weight excluding hydrogens is 384 g/mol. The first-order valence-corrected chi connectivity index (χ1v) is 10.4. The van der Waals surface area contributed by atoms with E-state index in [2.05, 4.69) is 29.9 Å². The second-order valence-electron chi connectivity index (χ2n) is 6.45. The second kappa shape index (κ2) is 7.60. The molecule has 10 nitrogen and oxygen atoms in total. The molecule has 4 rings (SSSR count). The van der Waals surface area contributed by atoms with Crippen LogP contribution in [0, 0.1) is 0 Å². The van der Waals surface area contributed by atoms with E-state index in [1.54, 1.807) is 0 Å². The van der Waals surface area contributed by atoms with E-state index in [4.69, 9.17) is 4.42 Å². The largest absolute Gasteiger partial charge is 0.417 e. The summed E-state index contributed by atoms with van der Waals surface area (Å²) in [4.78, 5) is 24.3. The van der Waals surface area contributed by atoms with Crippen LogP contribution in [0.1, 0.15) is 12.8 Å². The Kier molecular flexibility index (Phi) is 5.01. The zero-order valence-electron chi connectivity index (χ0n) is 15.0. The summed E-state index contributed by atoms with van der Waals surface area (Å²) in [6.45, 7) is 2.51. The number of H-pyrrole nitrogens is 1. The lowest BCUT2D eigenvalue weighted by molar-refractivity contribution is 0.555. The third kappa shape index (κ3) is 3.99. The third-order valence-electron chi connectivity index (χ3n) is 4.51. The van der Waals surface area contributed by atoms with E-state index in [-0.39, 0.29) is 11.4 Å². The van der Waals surface area contributed by atoms with Crippen LogP contribution < -0.4 is 20.7 Å². The molecule has 1 saturated heterocycles. The van der Waals surface area contributed by atoms with E-state index in [9.17, 15) is 13.2 Å². The van der Waals surface area contributed by atoms with E-state index >= 15 is 0 Å². The van der Waals surface area contributed by atoms with Gasteiger partial charge in [0.15, 0.2) is 5.58 Å². The highest BCUT2D eigenvalue weighted by Gasteiger charge is 2.16. The molecule has 2 aromatic heterocycles. The summed E-state index contributed by atoms with van der Waals surface area (Å²) < 4.78 is 32.3. The predicted molar refractivity (Wildman–Crippen MR) is 104 cm³/mol. The Hall–Kier alpha value is -2.92.